The highest BCUT2D eigenvalue weighted by molar-refractivity contribution is 5.67. The second kappa shape index (κ2) is 5.59. The van der Waals surface area contributed by atoms with Crippen molar-refractivity contribution in [2.75, 3.05) is 0 Å². The van der Waals surface area contributed by atoms with Gasteiger partial charge in [0.15, 0.2) is 5.82 Å². The zero-order valence-corrected chi connectivity index (χ0v) is 11.3. The molecule has 1 atom stereocenters. The van der Waals surface area contributed by atoms with Crippen molar-refractivity contribution in [2.24, 2.45) is 5.92 Å². The summed E-state index contributed by atoms with van der Waals surface area (Å²) in [5, 5.41) is 20.7. The summed E-state index contributed by atoms with van der Waals surface area (Å²) in [6.07, 6.45) is 2.49. The SMILES string of the molecule is O=C(O)CC(C1CC1)n1nnnc1Cc1ccc(F)cc1. The van der Waals surface area contributed by atoms with E-state index >= 15 is 0 Å². The lowest BCUT2D eigenvalue weighted by Gasteiger charge is -2.15. The molecule has 0 radical (unpaired) electrons. The molecular weight excluding hydrogens is 275 g/mol. The molecule has 1 N–H and O–H groups in total. The molecule has 2 aromatic rings. The third-order valence-electron chi connectivity index (χ3n) is 3.70. The number of halogens is 1. The maximum Gasteiger partial charge on any atom is 0.305 e. The van der Waals surface area contributed by atoms with Crippen LogP contribution in [0.1, 0.15) is 36.7 Å². The van der Waals surface area contributed by atoms with Crippen LogP contribution >= 0.6 is 0 Å². The molecular formula is C14H15FN4O2. The van der Waals surface area contributed by atoms with E-state index in [0.717, 1.165) is 18.4 Å². The lowest BCUT2D eigenvalue weighted by Crippen LogP contribution is -2.19. The van der Waals surface area contributed by atoms with E-state index in [1.807, 2.05) is 0 Å². The fourth-order valence-electron chi connectivity index (χ4n) is 2.48. The minimum atomic E-state index is -0.852. The first-order valence-electron chi connectivity index (χ1n) is 6.86. The van der Waals surface area contributed by atoms with Crippen LogP contribution in [0.2, 0.25) is 0 Å². The molecule has 1 fully saturated rings. The summed E-state index contributed by atoms with van der Waals surface area (Å²) in [6.45, 7) is 0. The van der Waals surface area contributed by atoms with Crippen molar-refractivity contribution in [3.05, 3.63) is 41.5 Å². The van der Waals surface area contributed by atoms with Crippen molar-refractivity contribution in [3.63, 3.8) is 0 Å². The van der Waals surface area contributed by atoms with Crippen LogP contribution in [0.15, 0.2) is 24.3 Å². The Bertz CT molecular complexity index is 637. The van der Waals surface area contributed by atoms with Gasteiger partial charge in [-0.1, -0.05) is 12.1 Å². The Balaban J connectivity index is 1.82. The molecule has 6 nitrogen and oxygen atoms in total. The summed E-state index contributed by atoms with van der Waals surface area (Å²) in [5.41, 5.74) is 0.886. The molecule has 1 aromatic carbocycles. The van der Waals surface area contributed by atoms with Gasteiger partial charge in [-0.25, -0.2) is 9.07 Å². The number of benzene rings is 1. The van der Waals surface area contributed by atoms with Crippen molar-refractivity contribution < 1.29 is 14.3 Å². The van der Waals surface area contributed by atoms with Crippen molar-refractivity contribution in [3.8, 4) is 0 Å². The lowest BCUT2D eigenvalue weighted by molar-refractivity contribution is -0.138. The number of nitrogens with zero attached hydrogens (tertiary/aromatic N) is 4. The largest absolute Gasteiger partial charge is 0.481 e. The van der Waals surface area contributed by atoms with Gasteiger partial charge in [-0.15, -0.1) is 5.10 Å². The van der Waals surface area contributed by atoms with Crippen LogP contribution < -0.4 is 0 Å². The molecule has 7 heteroatoms. The zero-order chi connectivity index (χ0) is 14.8. The summed E-state index contributed by atoms with van der Waals surface area (Å²) in [5.74, 6) is -0.202. The Morgan fingerprint density at radius 1 is 1.38 bits per heavy atom. The van der Waals surface area contributed by atoms with Crippen LogP contribution in [0.4, 0.5) is 4.39 Å². The number of carbonyl (C=O) groups is 1. The average Bonchev–Trinajstić information content (AvgIpc) is 3.19. The molecule has 0 amide bonds. The van der Waals surface area contributed by atoms with E-state index in [-0.39, 0.29) is 18.3 Å². The fraction of sp³-hybridized carbons (Fsp3) is 0.429. The van der Waals surface area contributed by atoms with Gasteiger partial charge in [0.2, 0.25) is 0 Å². The van der Waals surface area contributed by atoms with E-state index in [1.54, 1.807) is 16.8 Å². The van der Waals surface area contributed by atoms with Crippen molar-refractivity contribution in [2.45, 2.75) is 31.7 Å². The predicted molar refractivity (Wildman–Crippen MR) is 71.0 cm³/mol. The Hall–Kier alpha value is -2.31. The quantitative estimate of drug-likeness (QED) is 0.877. The van der Waals surface area contributed by atoms with Gasteiger partial charge >= 0.3 is 5.97 Å². The van der Waals surface area contributed by atoms with Crippen LogP contribution in [0, 0.1) is 11.7 Å². The van der Waals surface area contributed by atoms with Crippen molar-refractivity contribution >= 4 is 5.97 Å². The minimum absolute atomic E-state index is 0.0200. The van der Waals surface area contributed by atoms with E-state index in [1.165, 1.54) is 12.1 Å². The molecule has 0 saturated heterocycles. The van der Waals surface area contributed by atoms with E-state index in [4.69, 9.17) is 5.11 Å². The fourth-order valence-corrected chi connectivity index (χ4v) is 2.48. The summed E-state index contributed by atoms with van der Waals surface area (Å²) in [4.78, 5) is 11.0. The lowest BCUT2D eigenvalue weighted by atomic mass is 10.1. The topological polar surface area (TPSA) is 80.9 Å². The van der Waals surface area contributed by atoms with E-state index in [0.29, 0.717) is 18.2 Å². The van der Waals surface area contributed by atoms with Gasteiger partial charge in [0.1, 0.15) is 5.82 Å². The molecule has 1 heterocycles. The molecule has 1 aromatic heterocycles. The number of carboxylic acid groups (broad SMARTS) is 1. The first-order chi connectivity index (χ1) is 10.1. The third kappa shape index (κ3) is 3.24. The highest BCUT2D eigenvalue weighted by Gasteiger charge is 2.36. The Kier molecular flexibility index (Phi) is 3.64. The molecule has 1 saturated carbocycles. The number of rotatable bonds is 6. The standard InChI is InChI=1S/C14H15FN4O2/c15-11-5-1-9(2-6-11)7-13-16-17-18-19(13)12(8-14(20)21)10-3-4-10/h1-2,5-6,10,12H,3-4,7-8H2,(H,20,21). The maximum absolute atomic E-state index is 12.9. The Labute approximate surface area is 120 Å². The summed E-state index contributed by atoms with van der Waals surface area (Å²) in [6, 6.07) is 5.93. The molecule has 21 heavy (non-hydrogen) atoms. The van der Waals surface area contributed by atoms with Gasteiger partial charge in [0, 0.05) is 6.42 Å². The molecule has 1 aliphatic carbocycles. The van der Waals surface area contributed by atoms with Crippen LogP contribution in [0.5, 0.6) is 0 Å². The number of carboxylic acids is 1. The van der Waals surface area contributed by atoms with Crippen molar-refractivity contribution in [1.29, 1.82) is 0 Å². The second-order valence-corrected chi connectivity index (χ2v) is 5.35. The van der Waals surface area contributed by atoms with Crippen molar-refractivity contribution in [1.82, 2.24) is 20.2 Å². The minimum Gasteiger partial charge on any atom is -0.481 e. The van der Waals surface area contributed by atoms with Gasteiger partial charge < -0.3 is 5.11 Å². The zero-order valence-electron chi connectivity index (χ0n) is 11.3. The van der Waals surface area contributed by atoms with Gasteiger partial charge in [-0.05, 0) is 46.9 Å². The number of hydrogen-bond acceptors (Lipinski definition) is 4. The normalized spacial score (nSPS) is 15.9. The summed E-state index contributed by atoms with van der Waals surface area (Å²) < 4.78 is 14.5. The number of aliphatic carboxylic acids is 1. The van der Waals surface area contributed by atoms with Gasteiger partial charge in [0.05, 0.1) is 12.5 Å². The molecule has 110 valence electrons. The van der Waals surface area contributed by atoms with Crippen LogP contribution in [-0.4, -0.2) is 31.3 Å². The number of tetrazole rings is 1. The second-order valence-electron chi connectivity index (χ2n) is 5.35. The van der Waals surface area contributed by atoms with Gasteiger partial charge in [-0.2, -0.15) is 0 Å². The number of hydrogen-bond donors (Lipinski definition) is 1. The first kappa shape index (κ1) is 13.7. The van der Waals surface area contributed by atoms with Gasteiger partial charge in [0.25, 0.3) is 0 Å². The molecule has 0 spiro atoms. The molecule has 1 aliphatic rings. The molecule has 0 bridgehead atoms. The highest BCUT2D eigenvalue weighted by Crippen LogP contribution is 2.41. The van der Waals surface area contributed by atoms with E-state index in [9.17, 15) is 9.18 Å². The Morgan fingerprint density at radius 2 is 2.10 bits per heavy atom. The first-order valence-corrected chi connectivity index (χ1v) is 6.86. The summed E-state index contributed by atoms with van der Waals surface area (Å²) in [7, 11) is 0. The van der Waals surface area contributed by atoms with E-state index in [2.05, 4.69) is 15.5 Å². The highest BCUT2D eigenvalue weighted by atomic mass is 19.1. The average molecular weight is 290 g/mol. The Morgan fingerprint density at radius 3 is 2.71 bits per heavy atom. The van der Waals surface area contributed by atoms with E-state index < -0.39 is 5.97 Å². The molecule has 0 aliphatic heterocycles. The van der Waals surface area contributed by atoms with Gasteiger partial charge in [-0.3, -0.25) is 4.79 Å². The predicted octanol–water partition coefficient (Wildman–Crippen LogP) is 1.83. The third-order valence-corrected chi connectivity index (χ3v) is 3.70. The smallest absolute Gasteiger partial charge is 0.305 e. The van der Waals surface area contributed by atoms with Crippen LogP contribution in [0.25, 0.3) is 0 Å². The van der Waals surface area contributed by atoms with Crippen LogP contribution in [0.3, 0.4) is 0 Å². The molecule has 3 rings (SSSR count). The summed E-state index contributed by atoms with van der Waals surface area (Å²) >= 11 is 0. The number of aromatic nitrogens is 4. The maximum atomic E-state index is 12.9. The van der Waals surface area contributed by atoms with Crippen LogP contribution in [-0.2, 0) is 11.2 Å². The molecule has 1 unspecified atom stereocenters. The monoisotopic (exact) mass is 290 g/mol.